The van der Waals surface area contributed by atoms with Gasteiger partial charge in [0.05, 0.1) is 7.11 Å². The molecule has 0 heterocycles. The highest BCUT2D eigenvalue weighted by atomic mass is 16.5. The largest absolute Gasteiger partial charge is 0.497 e. The number of methoxy groups -OCH3 is 1. The third kappa shape index (κ3) is 4.80. The minimum absolute atomic E-state index is 0.0597. The highest BCUT2D eigenvalue weighted by molar-refractivity contribution is 5.27. The fourth-order valence-corrected chi connectivity index (χ4v) is 2.42. The Morgan fingerprint density at radius 2 is 1.85 bits per heavy atom. The number of ether oxygens (including phenoxy) is 1. The van der Waals surface area contributed by atoms with Gasteiger partial charge < -0.3 is 10.5 Å². The van der Waals surface area contributed by atoms with Gasteiger partial charge in [0.1, 0.15) is 5.75 Å². The summed E-state index contributed by atoms with van der Waals surface area (Å²) >= 11 is 0. The monoisotopic (exact) mass is 278 g/mol. The SMILES string of the molecule is COc1ccc(CCC(C)(CN)N(C)CC(C)C)cc1. The second-order valence-electron chi connectivity index (χ2n) is 6.32. The lowest BCUT2D eigenvalue weighted by molar-refractivity contribution is 0.119. The molecule has 0 amide bonds. The summed E-state index contributed by atoms with van der Waals surface area (Å²) in [6.45, 7) is 8.52. The van der Waals surface area contributed by atoms with Crippen molar-refractivity contribution in [2.24, 2.45) is 11.7 Å². The first kappa shape index (κ1) is 17.0. The van der Waals surface area contributed by atoms with Crippen LogP contribution in [0.3, 0.4) is 0 Å². The number of aryl methyl sites for hydroxylation is 1. The van der Waals surface area contributed by atoms with Gasteiger partial charge in [-0.25, -0.2) is 0 Å². The smallest absolute Gasteiger partial charge is 0.118 e. The minimum atomic E-state index is 0.0597. The molecule has 3 nitrogen and oxygen atoms in total. The summed E-state index contributed by atoms with van der Waals surface area (Å²) in [5.41, 5.74) is 7.43. The van der Waals surface area contributed by atoms with Crippen LogP contribution >= 0.6 is 0 Å². The standard InChI is InChI=1S/C17H30N2O/c1-14(2)12-19(4)17(3,13-18)11-10-15-6-8-16(20-5)9-7-15/h6-9,14H,10-13,18H2,1-5H3. The lowest BCUT2D eigenvalue weighted by atomic mass is 9.91. The molecule has 0 saturated heterocycles. The fraction of sp³-hybridized carbons (Fsp3) is 0.647. The van der Waals surface area contributed by atoms with Crippen LogP contribution in [-0.4, -0.2) is 37.7 Å². The zero-order valence-electron chi connectivity index (χ0n) is 13.6. The van der Waals surface area contributed by atoms with Crippen molar-refractivity contribution < 1.29 is 4.74 Å². The van der Waals surface area contributed by atoms with E-state index < -0.39 is 0 Å². The number of nitrogens with two attached hydrogens (primary N) is 1. The Morgan fingerprint density at radius 1 is 1.25 bits per heavy atom. The molecule has 20 heavy (non-hydrogen) atoms. The molecule has 1 unspecified atom stereocenters. The Labute approximate surface area is 124 Å². The second kappa shape index (κ2) is 7.65. The van der Waals surface area contributed by atoms with Crippen molar-refractivity contribution in [3.05, 3.63) is 29.8 Å². The van der Waals surface area contributed by atoms with Gasteiger partial charge in [0.2, 0.25) is 0 Å². The van der Waals surface area contributed by atoms with Crippen molar-refractivity contribution in [3.63, 3.8) is 0 Å². The molecular formula is C17H30N2O. The van der Waals surface area contributed by atoms with Gasteiger partial charge in [-0.1, -0.05) is 26.0 Å². The summed E-state index contributed by atoms with van der Waals surface area (Å²) < 4.78 is 5.19. The average Bonchev–Trinajstić information content (AvgIpc) is 2.44. The van der Waals surface area contributed by atoms with E-state index in [0.717, 1.165) is 25.1 Å². The van der Waals surface area contributed by atoms with Crippen molar-refractivity contribution in [1.82, 2.24) is 4.90 Å². The van der Waals surface area contributed by atoms with Crippen molar-refractivity contribution in [2.75, 3.05) is 27.2 Å². The van der Waals surface area contributed by atoms with E-state index in [1.807, 2.05) is 12.1 Å². The van der Waals surface area contributed by atoms with Gasteiger partial charge in [-0.15, -0.1) is 0 Å². The normalized spacial score (nSPS) is 14.6. The first-order valence-electron chi connectivity index (χ1n) is 7.45. The number of hydrogen-bond donors (Lipinski definition) is 1. The van der Waals surface area contributed by atoms with Gasteiger partial charge in [-0.2, -0.15) is 0 Å². The zero-order chi connectivity index (χ0) is 15.2. The molecule has 0 radical (unpaired) electrons. The Kier molecular flexibility index (Phi) is 6.50. The molecule has 0 saturated carbocycles. The number of likely N-dealkylation sites (N-methyl/N-ethyl adjacent to an activating group) is 1. The summed E-state index contributed by atoms with van der Waals surface area (Å²) in [6.07, 6.45) is 2.11. The number of hydrogen-bond acceptors (Lipinski definition) is 3. The van der Waals surface area contributed by atoms with Crippen LogP contribution in [0.25, 0.3) is 0 Å². The first-order chi connectivity index (χ1) is 9.41. The predicted molar refractivity (Wildman–Crippen MR) is 86.2 cm³/mol. The van der Waals surface area contributed by atoms with Crippen LogP contribution in [-0.2, 0) is 6.42 Å². The Morgan fingerprint density at radius 3 is 2.30 bits per heavy atom. The average molecular weight is 278 g/mol. The molecule has 0 aliphatic carbocycles. The number of benzene rings is 1. The lowest BCUT2D eigenvalue weighted by Gasteiger charge is -2.39. The predicted octanol–water partition coefficient (Wildman–Crippen LogP) is 2.93. The van der Waals surface area contributed by atoms with Gasteiger partial charge in [0, 0.05) is 18.6 Å². The summed E-state index contributed by atoms with van der Waals surface area (Å²) in [4.78, 5) is 2.40. The van der Waals surface area contributed by atoms with Gasteiger partial charge in [-0.05, 0) is 50.4 Å². The van der Waals surface area contributed by atoms with Gasteiger partial charge in [0.15, 0.2) is 0 Å². The highest BCUT2D eigenvalue weighted by Gasteiger charge is 2.27. The molecule has 1 aromatic carbocycles. The third-order valence-corrected chi connectivity index (χ3v) is 4.11. The van der Waals surface area contributed by atoms with E-state index in [2.05, 4.69) is 44.9 Å². The maximum Gasteiger partial charge on any atom is 0.118 e. The molecule has 0 aliphatic rings. The molecule has 2 N–H and O–H groups in total. The summed E-state index contributed by atoms with van der Waals surface area (Å²) in [5.74, 6) is 1.57. The summed E-state index contributed by atoms with van der Waals surface area (Å²) in [5, 5.41) is 0. The van der Waals surface area contributed by atoms with Crippen molar-refractivity contribution in [1.29, 1.82) is 0 Å². The zero-order valence-corrected chi connectivity index (χ0v) is 13.6. The lowest BCUT2D eigenvalue weighted by Crippen LogP contribution is -2.51. The first-order valence-corrected chi connectivity index (χ1v) is 7.45. The molecular weight excluding hydrogens is 248 g/mol. The van der Waals surface area contributed by atoms with Crippen LogP contribution in [0.4, 0.5) is 0 Å². The van der Waals surface area contributed by atoms with E-state index in [9.17, 15) is 0 Å². The topological polar surface area (TPSA) is 38.5 Å². The van der Waals surface area contributed by atoms with Crippen molar-refractivity contribution in [2.45, 2.75) is 39.2 Å². The van der Waals surface area contributed by atoms with Crippen molar-refractivity contribution in [3.8, 4) is 5.75 Å². The van der Waals surface area contributed by atoms with Gasteiger partial charge >= 0.3 is 0 Å². The van der Waals surface area contributed by atoms with Crippen LogP contribution in [0.1, 0.15) is 32.8 Å². The molecule has 0 aliphatic heterocycles. The summed E-state index contributed by atoms with van der Waals surface area (Å²) in [6, 6.07) is 8.32. The van der Waals surface area contributed by atoms with E-state index in [1.165, 1.54) is 5.56 Å². The van der Waals surface area contributed by atoms with Crippen LogP contribution in [0.2, 0.25) is 0 Å². The van der Waals surface area contributed by atoms with E-state index >= 15 is 0 Å². The van der Waals surface area contributed by atoms with Crippen LogP contribution in [0.5, 0.6) is 5.75 Å². The molecule has 114 valence electrons. The maximum absolute atomic E-state index is 6.03. The molecule has 0 fully saturated rings. The second-order valence-corrected chi connectivity index (χ2v) is 6.32. The quantitative estimate of drug-likeness (QED) is 0.794. The minimum Gasteiger partial charge on any atom is -0.497 e. The fourth-order valence-electron chi connectivity index (χ4n) is 2.42. The molecule has 1 atom stereocenters. The Bertz CT molecular complexity index is 388. The number of rotatable bonds is 8. The van der Waals surface area contributed by atoms with E-state index in [0.29, 0.717) is 12.5 Å². The van der Waals surface area contributed by atoms with E-state index in [1.54, 1.807) is 7.11 Å². The molecule has 0 spiro atoms. The van der Waals surface area contributed by atoms with Crippen LogP contribution in [0.15, 0.2) is 24.3 Å². The molecule has 0 bridgehead atoms. The Balaban J connectivity index is 2.62. The number of nitrogens with zero attached hydrogens (tertiary/aromatic N) is 1. The van der Waals surface area contributed by atoms with Crippen LogP contribution < -0.4 is 10.5 Å². The maximum atomic E-state index is 6.03. The molecule has 3 heteroatoms. The van der Waals surface area contributed by atoms with Gasteiger partial charge in [0.25, 0.3) is 0 Å². The van der Waals surface area contributed by atoms with Crippen molar-refractivity contribution >= 4 is 0 Å². The molecule has 1 aromatic rings. The van der Waals surface area contributed by atoms with Gasteiger partial charge in [-0.3, -0.25) is 4.90 Å². The van der Waals surface area contributed by atoms with E-state index in [4.69, 9.17) is 10.5 Å². The molecule has 1 rings (SSSR count). The molecule has 0 aromatic heterocycles. The Hall–Kier alpha value is -1.06. The summed E-state index contributed by atoms with van der Waals surface area (Å²) in [7, 11) is 3.88. The third-order valence-electron chi connectivity index (χ3n) is 4.11. The van der Waals surface area contributed by atoms with E-state index in [-0.39, 0.29) is 5.54 Å². The van der Waals surface area contributed by atoms with Crippen LogP contribution in [0, 0.1) is 5.92 Å². The highest BCUT2D eigenvalue weighted by Crippen LogP contribution is 2.21.